The van der Waals surface area contributed by atoms with Crippen LogP contribution in [0.4, 0.5) is 0 Å². The van der Waals surface area contributed by atoms with E-state index in [0.29, 0.717) is 0 Å². The molecule has 1 aromatic rings. The van der Waals surface area contributed by atoms with Crippen LogP contribution in [0.15, 0.2) is 11.4 Å². The van der Waals surface area contributed by atoms with Gasteiger partial charge in [0.15, 0.2) is 0 Å². The summed E-state index contributed by atoms with van der Waals surface area (Å²) in [5, 5.41) is 2.20. The van der Waals surface area contributed by atoms with Crippen molar-refractivity contribution in [1.82, 2.24) is 0 Å². The van der Waals surface area contributed by atoms with Crippen LogP contribution in [0.25, 0.3) is 0 Å². The molecule has 1 nitrogen and oxygen atoms in total. The molecule has 1 rings (SSSR count). The number of carbonyl (C=O) groups excluding carboxylic acids is 1. The van der Waals surface area contributed by atoms with Gasteiger partial charge in [-0.3, -0.25) is 0 Å². The molecule has 0 amide bonds. The van der Waals surface area contributed by atoms with Gasteiger partial charge in [0, 0.05) is 4.88 Å². The molecule has 0 aliphatic rings. The van der Waals surface area contributed by atoms with Crippen molar-refractivity contribution in [3.63, 3.8) is 0 Å². The monoisotopic (exact) mass is 184 g/mol. The van der Waals surface area contributed by atoms with Crippen molar-refractivity contribution in [1.29, 1.82) is 0 Å². The predicted octanol–water partition coefficient (Wildman–Crippen LogP) is 3.08. The van der Waals surface area contributed by atoms with Crippen LogP contribution in [-0.4, -0.2) is 6.79 Å². The van der Waals surface area contributed by atoms with Gasteiger partial charge in [0.25, 0.3) is 0 Å². The lowest BCUT2D eigenvalue weighted by molar-refractivity contribution is -0.0979. The quantitative estimate of drug-likeness (QED) is 0.705. The summed E-state index contributed by atoms with van der Waals surface area (Å²) in [6.45, 7) is 6.46. The lowest BCUT2D eigenvalue weighted by atomic mass is 10.1. The Morgan fingerprint density at radius 1 is 1.42 bits per heavy atom. The van der Waals surface area contributed by atoms with E-state index in [1.165, 1.54) is 19.3 Å². The Labute approximate surface area is 78.4 Å². The Kier molecular flexibility index (Phi) is 6.67. The summed E-state index contributed by atoms with van der Waals surface area (Å²) >= 11 is 1.90. The molecule has 0 unspecified atom stereocenters. The van der Waals surface area contributed by atoms with E-state index in [0.717, 1.165) is 0 Å². The fourth-order valence-electron chi connectivity index (χ4n) is 1.13. The molecule has 0 aliphatic carbocycles. The molecule has 1 aromatic heterocycles. The number of carbonyl (C=O) groups is 1. The van der Waals surface area contributed by atoms with Crippen LogP contribution in [-0.2, 0) is 17.6 Å². The summed E-state index contributed by atoms with van der Waals surface area (Å²) in [7, 11) is 0. The lowest BCUT2D eigenvalue weighted by Crippen LogP contribution is -1.83. The molecule has 0 N–H and O–H groups in total. The molecular weight excluding hydrogens is 168 g/mol. The first-order valence-electron chi connectivity index (χ1n) is 4.22. The molecule has 0 aromatic carbocycles. The molecule has 2 heteroatoms. The highest BCUT2D eigenvalue weighted by Crippen LogP contribution is 2.18. The summed E-state index contributed by atoms with van der Waals surface area (Å²) in [5.41, 5.74) is 1.55. The molecule has 0 aliphatic heterocycles. The minimum atomic E-state index is 1.19. The van der Waals surface area contributed by atoms with Crippen LogP contribution < -0.4 is 0 Å². The lowest BCUT2D eigenvalue weighted by Gasteiger charge is -1.96. The Bertz CT molecular complexity index is 205. The van der Waals surface area contributed by atoms with Crippen molar-refractivity contribution in [2.24, 2.45) is 0 Å². The second kappa shape index (κ2) is 7.04. The number of thiophene rings is 1. The van der Waals surface area contributed by atoms with E-state index >= 15 is 0 Å². The third-order valence-corrected chi connectivity index (χ3v) is 2.72. The van der Waals surface area contributed by atoms with E-state index in [4.69, 9.17) is 4.79 Å². The SMILES string of the molecule is C=O.CCCc1sccc1CC. The van der Waals surface area contributed by atoms with Gasteiger partial charge in [-0.25, -0.2) is 0 Å². The van der Waals surface area contributed by atoms with Crippen LogP contribution in [0.2, 0.25) is 0 Å². The summed E-state index contributed by atoms with van der Waals surface area (Å²) in [4.78, 5) is 9.59. The van der Waals surface area contributed by atoms with Gasteiger partial charge in [-0.2, -0.15) is 0 Å². The van der Waals surface area contributed by atoms with E-state index in [1.807, 2.05) is 18.1 Å². The standard InChI is InChI=1S/C9H14S.CH2O/c1-3-5-9-8(4-2)6-7-10-9;1-2/h6-7H,3-5H2,1-2H3;1H2. The van der Waals surface area contributed by atoms with Crippen molar-refractivity contribution in [2.75, 3.05) is 0 Å². The van der Waals surface area contributed by atoms with Gasteiger partial charge in [-0.1, -0.05) is 20.3 Å². The summed E-state index contributed by atoms with van der Waals surface area (Å²) in [6, 6.07) is 2.25. The van der Waals surface area contributed by atoms with E-state index in [1.54, 1.807) is 10.4 Å². The van der Waals surface area contributed by atoms with Crippen LogP contribution >= 0.6 is 11.3 Å². The van der Waals surface area contributed by atoms with Crippen molar-refractivity contribution >= 4 is 18.1 Å². The van der Waals surface area contributed by atoms with Gasteiger partial charge >= 0.3 is 0 Å². The molecule has 0 fully saturated rings. The van der Waals surface area contributed by atoms with Gasteiger partial charge in [0.05, 0.1) is 0 Å². The Morgan fingerprint density at radius 3 is 2.58 bits per heavy atom. The Balaban J connectivity index is 0.000000561. The van der Waals surface area contributed by atoms with Gasteiger partial charge in [0.1, 0.15) is 6.79 Å². The van der Waals surface area contributed by atoms with E-state index in [9.17, 15) is 0 Å². The van der Waals surface area contributed by atoms with Crippen LogP contribution in [0.1, 0.15) is 30.7 Å². The second-order valence-electron chi connectivity index (χ2n) is 2.47. The smallest absolute Gasteiger partial charge is 0.106 e. The van der Waals surface area contributed by atoms with Gasteiger partial charge in [0.2, 0.25) is 0 Å². The molecule has 0 radical (unpaired) electrons. The molecule has 0 saturated heterocycles. The van der Waals surface area contributed by atoms with Gasteiger partial charge in [-0.15, -0.1) is 11.3 Å². The molecule has 1 heterocycles. The van der Waals surface area contributed by atoms with Crippen LogP contribution in [0.3, 0.4) is 0 Å². The van der Waals surface area contributed by atoms with E-state index in [-0.39, 0.29) is 0 Å². The third-order valence-electron chi connectivity index (χ3n) is 1.70. The minimum absolute atomic E-state index is 1.19. The summed E-state index contributed by atoms with van der Waals surface area (Å²) < 4.78 is 0. The number of aryl methyl sites for hydroxylation is 2. The van der Waals surface area contributed by atoms with Crippen molar-refractivity contribution < 1.29 is 4.79 Å². The first-order chi connectivity index (χ1) is 5.88. The maximum absolute atomic E-state index is 8.00. The number of hydrogen-bond acceptors (Lipinski definition) is 2. The van der Waals surface area contributed by atoms with E-state index < -0.39 is 0 Å². The second-order valence-corrected chi connectivity index (χ2v) is 3.47. The largest absolute Gasteiger partial charge is 0.307 e. The first-order valence-corrected chi connectivity index (χ1v) is 5.10. The Morgan fingerprint density at radius 2 is 2.08 bits per heavy atom. The highest BCUT2D eigenvalue weighted by Gasteiger charge is 1.98. The zero-order chi connectivity index (χ0) is 9.40. The zero-order valence-corrected chi connectivity index (χ0v) is 8.62. The average Bonchev–Trinajstić information content (AvgIpc) is 2.56. The zero-order valence-electron chi connectivity index (χ0n) is 7.80. The molecule has 0 spiro atoms. The predicted molar refractivity (Wildman–Crippen MR) is 54.8 cm³/mol. The molecule has 12 heavy (non-hydrogen) atoms. The number of hydrogen-bond donors (Lipinski definition) is 0. The maximum Gasteiger partial charge on any atom is 0.106 e. The fourth-order valence-corrected chi connectivity index (χ4v) is 2.21. The summed E-state index contributed by atoms with van der Waals surface area (Å²) in [5.74, 6) is 0. The Hall–Kier alpha value is -0.630. The van der Waals surface area contributed by atoms with Gasteiger partial charge in [-0.05, 0) is 29.9 Å². The third kappa shape index (κ3) is 3.18. The molecular formula is C10H16OS. The first kappa shape index (κ1) is 11.4. The van der Waals surface area contributed by atoms with Gasteiger partial charge < -0.3 is 4.79 Å². The van der Waals surface area contributed by atoms with Crippen molar-refractivity contribution in [2.45, 2.75) is 33.1 Å². The minimum Gasteiger partial charge on any atom is -0.307 e. The highest BCUT2D eigenvalue weighted by molar-refractivity contribution is 7.10. The van der Waals surface area contributed by atoms with Crippen LogP contribution in [0.5, 0.6) is 0 Å². The normalized spacial score (nSPS) is 8.83. The summed E-state index contributed by atoms with van der Waals surface area (Å²) in [6.07, 6.45) is 3.73. The average molecular weight is 184 g/mol. The highest BCUT2D eigenvalue weighted by atomic mass is 32.1. The van der Waals surface area contributed by atoms with E-state index in [2.05, 4.69) is 25.3 Å². The van der Waals surface area contributed by atoms with Crippen LogP contribution in [0, 0.1) is 0 Å². The molecule has 0 atom stereocenters. The molecule has 0 saturated carbocycles. The van der Waals surface area contributed by atoms with Crippen molar-refractivity contribution in [3.8, 4) is 0 Å². The fraction of sp³-hybridized carbons (Fsp3) is 0.500. The maximum atomic E-state index is 8.00. The topological polar surface area (TPSA) is 17.1 Å². The number of rotatable bonds is 3. The molecule has 0 bridgehead atoms. The van der Waals surface area contributed by atoms with Crippen molar-refractivity contribution in [3.05, 3.63) is 21.9 Å². The molecule has 68 valence electrons.